The molecule has 19 heteroatoms. The van der Waals surface area contributed by atoms with Gasteiger partial charge < -0.3 is 33.8 Å². The Hall–Kier alpha value is -1.94. The van der Waals surface area contributed by atoms with Crippen LogP contribution in [0.4, 0.5) is 0 Å². The van der Waals surface area contributed by atoms with E-state index in [2.05, 4.69) is 55.4 Å². The topological polar surface area (TPSA) is 237 Å². The van der Waals surface area contributed by atoms with Gasteiger partial charge in [-0.15, -0.1) is 0 Å². The summed E-state index contributed by atoms with van der Waals surface area (Å²) in [7, 11) is -9.89. The number of aliphatic hydroxyl groups is 1. The van der Waals surface area contributed by atoms with Gasteiger partial charge in [0, 0.05) is 25.7 Å². The van der Waals surface area contributed by atoms with Gasteiger partial charge in [-0.25, -0.2) is 9.13 Å². The number of unbranched alkanes of at least 4 members (excludes halogenated alkanes) is 27. The first-order valence-electron chi connectivity index (χ1n) is 33.7. The first-order chi connectivity index (χ1) is 40.1. The molecular weight excluding hydrogens is 1110 g/mol. The minimum atomic E-state index is -4.95. The first-order valence-corrected chi connectivity index (χ1v) is 36.7. The van der Waals surface area contributed by atoms with Crippen molar-refractivity contribution < 1.29 is 80.2 Å². The van der Waals surface area contributed by atoms with Gasteiger partial charge in [-0.2, -0.15) is 0 Å². The van der Waals surface area contributed by atoms with E-state index in [1.807, 2.05) is 0 Å². The van der Waals surface area contributed by atoms with Crippen LogP contribution in [0.15, 0.2) is 0 Å². The Morgan fingerprint density at radius 2 is 0.571 bits per heavy atom. The molecule has 4 unspecified atom stereocenters. The number of carbonyl (C=O) groups excluding carboxylic acids is 4. The molecule has 0 aromatic rings. The van der Waals surface area contributed by atoms with Crippen molar-refractivity contribution in [1.29, 1.82) is 0 Å². The summed E-state index contributed by atoms with van der Waals surface area (Å²) in [6, 6.07) is 0. The number of carbonyl (C=O) groups is 4. The zero-order valence-electron chi connectivity index (χ0n) is 54.5. The van der Waals surface area contributed by atoms with E-state index in [1.54, 1.807) is 0 Å². The third kappa shape index (κ3) is 57.8. The molecule has 0 aromatic heterocycles. The summed E-state index contributed by atoms with van der Waals surface area (Å²) in [4.78, 5) is 72.3. The van der Waals surface area contributed by atoms with Gasteiger partial charge >= 0.3 is 39.5 Å². The average Bonchev–Trinajstić information content (AvgIpc) is 3.56. The van der Waals surface area contributed by atoms with E-state index in [1.165, 1.54) is 109 Å². The van der Waals surface area contributed by atoms with E-state index < -0.39 is 97.5 Å². The first kappa shape index (κ1) is 82.1. The third-order valence-electron chi connectivity index (χ3n) is 15.2. The number of hydrogen-bond acceptors (Lipinski definition) is 15. The zero-order valence-corrected chi connectivity index (χ0v) is 56.3. The van der Waals surface area contributed by atoms with Crippen LogP contribution in [0.1, 0.15) is 312 Å². The van der Waals surface area contributed by atoms with Crippen molar-refractivity contribution in [2.24, 2.45) is 23.7 Å². The molecule has 3 N–H and O–H groups in total. The Morgan fingerprint density at radius 3 is 0.845 bits per heavy atom. The van der Waals surface area contributed by atoms with Crippen molar-refractivity contribution in [3.8, 4) is 0 Å². The summed E-state index contributed by atoms with van der Waals surface area (Å²) < 4.78 is 68.0. The van der Waals surface area contributed by atoms with Gasteiger partial charge in [0.15, 0.2) is 12.2 Å². The van der Waals surface area contributed by atoms with E-state index in [9.17, 15) is 43.2 Å². The van der Waals surface area contributed by atoms with Crippen LogP contribution in [0.2, 0.25) is 0 Å². The molecule has 0 rings (SSSR count). The molecule has 0 aliphatic heterocycles. The van der Waals surface area contributed by atoms with Crippen LogP contribution in [-0.2, 0) is 65.4 Å². The van der Waals surface area contributed by atoms with E-state index in [-0.39, 0.29) is 25.7 Å². The molecule has 0 spiro atoms. The maximum atomic E-state index is 13.0. The fourth-order valence-corrected chi connectivity index (χ4v) is 11.2. The quantitative estimate of drug-likeness (QED) is 0.0222. The van der Waals surface area contributed by atoms with Gasteiger partial charge in [0.25, 0.3) is 0 Å². The Bertz CT molecular complexity index is 1680. The van der Waals surface area contributed by atoms with Gasteiger partial charge in [-0.3, -0.25) is 37.3 Å². The lowest BCUT2D eigenvalue weighted by Gasteiger charge is -2.21. The molecule has 0 saturated heterocycles. The third-order valence-corrected chi connectivity index (χ3v) is 17.1. The molecule has 0 bridgehead atoms. The maximum absolute atomic E-state index is 13.0. The van der Waals surface area contributed by atoms with Crippen molar-refractivity contribution in [2.45, 2.75) is 331 Å². The standard InChI is InChI=1S/C65H126O17P2/c1-9-58(8)44-36-28-20-12-15-23-32-40-48-65(70)82-60(51-75-62(67)45-37-29-21-13-10-17-25-33-41-55(2)3)53-79-83(71,72)77-49-59(66)50-78-84(73,74)80-54-61(52-76-63(68)46-38-30-24-16-19-27-35-43-57(6)7)81-64(69)47-39-31-22-14-11-18-26-34-42-56(4)5/h55-61,66H,9-54H2,1-8H3,(H,71,72)(H,73,74)/t58?,59?,60-,61-/m1/s1. The summed E-state index contributed by atoms with van der Waals surface area (Å²) in [5.74, 6) is 0.779. The second-order valence-electron chi connectivity index (χ2n) is 25.2. The smallest absolute Gasteiger partial charge is 0.462 e. The molecule has 6 atom stereocenters. The summed E-state index contributed by atoms with van der Waals surface area (Å²) >= 11 is 0. The number of phosphoric acid groups is 2. The Balaban J connectivity index is 5.27. The van der Waals surface area contributed by atoms with Crippen molar-refractivity contribution in [1.82, 2.24) is 0 Å². The Labute approximate surface area is 511 Å². The number of rotatable bonds is 62. The van der Waals surface area contributed by atoms with E-state index >= 15 is 0 Å². The van der Waals surface area contributed by atoms with Gasteiger partial charge in [0.2, 0.25) is 0 Å². The highest BCUT2D eigenvalue weighted by Crippen LogP contribution is 2.45. The molecular formula is C65H126O17P2. The van der Waals surface area contributed by atoms with Crippen molar-refractivity contribution in [3.05, 3.63) is 0 Å². The Kier molecular flexibility index (Phi) is 53.9. The highest BCUT2D eigenvalue weighted by atomic mass is 31.2. The second kappa shape index (κ2) is 55.2. The predicted octanol–water partition coefficient (Wildman–Crippen LogP) is 17.8. The molecule has 498 valence electrons. The average molecular weight is 1240 g/mol. The van der Waals surface area contributed by atoms with Crippen LogP contribution in [0.3, 0.4) is 0 Å². The molecule has 0 heterocycles. The minimum absolute atomic E-state index is 0.103. The lowest BCUT2D eigenvalue weighted by atomic mass is 9.99. The second-order valence-corrected chi connectivity index (χ2v) is 28.1. The van der Waals surface area contributed by atoms with Crippen molar-refractivity contribution in [3.63, 3.8) is 0 Å². The fourth-order valence-electron chi connectivity index (χ4n) is 9.57. The van der Waals surface area contributed by atoms with Crippen LogP contribution in [0.5, 0.6) is 0 Å². The molecule has 17 nitrogen and oxygen atoms in total. The van der Waals surface area contributed by atoms with Crippen LogP contribution >= 0.6 is 15.6 Å². The maximum Gasteiger partial charge on any atom is 0.472 e. The molecule has 0 aromatic carbocycles. The van der Waals surface area contributed by atoms with Crippen LogP contribution in [-0.4, -0.2) is 96.7 Å². The molecule has 0 aliphatic rings. The van der Waals surface area contributed by atoms with Gasteiger partial charge in [-0.05, 0) is 49.4 Å². The summed E-state index contributed by atoms with van der Waals surface area (Å²) in [5, 5.41) is 10.5. The molecule has 0 radical (unpaired) electrons. The van der Waals surface area contributed by atoms with Gasteiger partial charge in [0.1, 0.15) is 19.3 Å². The molecule has 0 saturated carbocycles. The predicted molar refractivity (Wildman–Crippen MR) is 335 cm³/mol. The Morgan fingerprint density at radius 1 is 0.333 bits per heavy atom. The van der Waals surface area contributed by atoms with Gasteiger partial charge in [0.05, 0.1) is 26.4 Å². The molecule has 0 amide bonds. The molecule has 0 aliphatic carbocycles. The lowest BCUT2D eigenvalue weighted by molar-refractivity contribution is -0.161. The fraction of sp³-hybridized carbons (Fsp3) is 0.938. The van der Waals surface area contributed by atoms with Crippen molar-refractivity contribution in [2.75, 3.05) is 39.6 Å². The highest BCUT2D eigenvalue weighted by molar-refractivity contribution is 7.47. The molecule has 0 fully saturated rings. The minimum Gasteiger partial charge on any atom is -0.462 e. The van der Waals surface area contributed by atoms with Crippen LogP contribution in [0, 0.1) is 23.7 Å². The number of aliphatic hydroxyl groups excluding tert-OH is 1. The summed E-state index contributed by atoms with van der Waals surface area (Å²) in [6.07, 6.45) is 34.9. The van der Waals surface area contributed by atoms with E-state index in [0.29, 0.717) is 31.6 Å². The monoisotopic (exact) mass is 1240 g/mol. The lowest BCUT2D eigenvalue weighted by Crippen LogP contribution is -2.30. The zero-order chi connectivity index (χ0) is 62.5. The van der Waals surface area contributed by atoms with E-state index in [4.69, 9.17) is 37.0 Å². The number of phosphoric ester groups is 2. The largest absolute Gasteiger partial charge is 0.472 e. The van der Waals surface area contributed by atoms with Gasteiger partial charge in [-0.1, -0.05) is 261 Å². The number of hydrogen-bond donors (Lipinski definition) is 3. The van der Waals surface area contributed by atoms with Crippen LogP contribution in [0.25, 0.3) is 0 Å². The normalized spacial score (nSPS) is 14.7. The summed E-state index contributed by atoms with van der Waals surface area (Å²) in [6.45, 7) is 14.0. The van der Waals surface area contributed by atoms with Crippen molar-refractivity contribution >= 4 is 39.5 Å². The summed E-state index contributed by atoms with van der Waals surface area (Å²) in [5.41, 5.74) is 0. The SMILES string of the molecule is CCC(C)CCCCCCCCCCC(=O)O[C@H](COC(=O)CCCCCCCCCCC(C)C)COP(=O)(O)OCC(O)COP(=O)(O)OC[C@@H](COC(=O)CCCCCCCCCC(C)C)OC(=O)CCCCCCCCCCC(C)C. The van der Waals surface area contributed by atoms with Crippen LogP contribution < -0.4 is 0 Å². The number of ether oxygens (including phenoxy) is 4. The highest BCUT2D eigenvalue weighted by Gasteiger charge is 2.30. The van der Waals surface area contributed by atoms with E-state index in [0.717, 1.165) is 114 Å². The molecule has 84 heavy (non-hydrogen) atoms. The number of esters is 4.